The van der Waals surface area contributed by atoms with Crippen LogP contribution in [0.1, 0.15) is 23.7 Å². The van der Waals surface area contributed by atoms with Crippen molar-refractivity contribution in [2.45, 2.75) is 18.9 Å². The Balaban J connectivity index is 1.15. The van der Waals surface area contributed by atoms with Crippen LogP contribution in [-0.2, 0) is 11.2 Å². The predicted molar refractivity (Wildman–Crippen MR) is 131 cm³/mol. The third kappa shape index (κ3) is 5.55. The summed E-state index contributed by atoms with van der Waals surface area (Å²) in [6.45, 7) is 4.20. The monoisotopic (exact) mass is 458 g/mol. The standard InChI is InChI=1S/C27H30N4O3/c1-30-13-15-31(16-14-30)19-26(32)29-22-8-12-27(28-18-22)33-23-9-11-25-21(17-23)7-10-24(34-25)20-5-3-2-4-6-20/h2-6,8-9,11-12,17-18,24H,7,10,13-16,19H2,1H3,(H,29,32). The van der Waals surface area contributed by atoms with Gasteiger partial charge in [0.2, 0.25) is 11.8 Å². The second-order valence-electron chi connectivity index (χ2n) is 8.94. The highest BCUT2D eigenvalue weighted by atomic mass is 16.5. The number of carbonyl (C=O) groups excluding carboxylic acids is 1. The highest BCUT2D eigenvalue weighted by Crippen LogP contribution is 2.37. The zero-order valence-corrected chi connectivity index (χ0v) is 19.4. The molecule has 1 saturated heterocycles. The van der Waals surface area contributed by atoms with Gasteiger partial charge in [0.15, 0.2) is 0 Å². The van der Waals surface area contributed by atoms with E-state index in [4.69, 9.17) is 9.47 Å². The number of aryl methyl sites for hydroxylation is 1. The summed E-state index contributed by atoms with van der Waals surface area (Å²) in [5, 5.41) is 2.92. The third-order valence-corrected chi connectivity index (χ3v) is 6.35. The molecular formula is C27H30N4O3. The number of pyridine rings is 1. The van der Waals surface area contributed by atoms with Crippen molar-refractivity contribution in [1.29, 1.82) is 0 Å². The Bertz CT molecular complexity index is 1110. The number of piperazine rings is 1. The fourth-order valence-corrected chi connectivity index (χ4v) is 4.38. The first kappa shape index (κ1) is 22.4. The molecule has 1 fully saturated rings. The Morgan fingerprint density at radius 2 is 1.91 bits per heavy atom. The molecule has 0 aliphatic carbocycles. The van der Waals surface area contributed by atoms with Crippen molar-refractivity contribution in [2.24, 2.45) is 0 Å². The molecule has 1 unspecified atom stereocenters. The summed E-state index contributed by atoms with van der Waals surface area (Å²) in [4.78, 5) is 21.2. The van der Waals surface area contributed by atoms with Gasteiger partial charge in [0, 0.05) is 32.2 Å². The summed E-state index contributed by atoms with van der Waals surface area (Å²) in [6.07, 6.45) is 3.57. The van der Waals surface area contributed by atoms with E-state index in [-0.39, 0.29) is 12.0 Å². The Hall–Kier alpha value is -3.42. The van der Waals surface area contributed by atoms with Gasteiger partial charge in [-0.25, -0.2) is 4.98 Å². The fraction of sp³-hybridized carbons (Fsp3) is 0.333. The Labute approximate surface area is 200 Å². The first-order chi connectivity index (χ1) is 16.6. The van der Waals surface area contributed by atoms with Gasteiger partial charge in [-0.1, -0.05) is 30.3 Å². The molecule has 1 atom stereocenters. The predicted octanol–water partition coefficient (Wildman–Crippen LogP) is 4.13. The molecular weight excluding hydrogens is 428 g/mol. The first-order valence-corrected chi connectivity index (χ1v) is 11.8. The van der Waals surface area contributed by atoms with E-state index in [2.05, 4.69) is 39.3 Å². The molecule has 2 aliphatic rings. The lowest BCUT2D eigenvalue weighted by Gasteiger charge is -2.31. The highest BCUT2D eigenvalue weighted by molar-refractivity contribution is 5.92. The van der Waals surface area contributed by atoms with E-state index < -0.39 is 0 Å². The molecule has 0 saturated carbocycles. The fourth-order valence-electron chi connectivity index (χ4n) is 4.38. The Morgan fingerprint density at radius 3 is 2.68 bits per heavy atom. The van der Waals surface area contributed by atoms with Gasteiger partial charge in [-0.2, -0.15) is 0 Å². The molecule has 1 aromatic heterocycles. The number of carbonyl (C=O) groups is 1. The lowest BCUT2D eigenvalue weighted by atomic mass is 9.97. The number of ether oxygens (including phenoxy) is 2. The zero-order valence-electron chi connectivity index (χ0n) is 19.4. The van der Waals surface area contributed by atoms with Crippen molar-refractivity contribution in [3.63, 3.8) is 0 Å². The van der Waals surface area contributed by atoms with Crippen LogP contribution in [0.25, 0.3) is 0 Å². The summed E-state index contributed by atoms with van der Waals surface area (Å²) >= 11 is 0. The molecule has 2 aromatic carbocycles. The lowest BCUT2D eigenvalue weighted by molar-refractivity contribution is -0.117. The van der Waals surface area contributed by atoms with Crippen molar-refractivity contribution in [3.05, 3.63) is 78.0 Å². The number of amides is 1. The highest BCUT2D eigenvalue weighted by Gasteiger charge is 2.22. The maximum atomic E-state index is 12.4. The lowest BCUT2D eigenvalue weighted by Crippen LogP contribution is -2.47. The summed E-state index contributed by atoms with van der Waals surface area (Å²) in [5.41, 5.74) is 3.00. The van der Waals surface area contributed by atoms with Crippen molar-refractivity contribution in [1.82, 2.24) is 14.8 Å². The van der Waals surface area contributed by atoms with E-state index in [9.17, 15) is 4.79 Å². The molecule has 3 heterocycles. The molecule has 176 valence electrons. The molecule has 7 heteroatoms. The number of likely N-dealkylation sites (N-methyl/N-ethyl adjacent to an activating group) is 1. The number of anilines is 1. The number of aromatic nitrogens is 1. The van der Waals surface area contributed by atoms with E-state index in [1.54, 1.807) is 12.3 Å². The normalized spacial score (nSPS) is 18.6. The molecule has 1 N–H and O–H groups in total. The van der Waals surface area contributed by atoms with Crippen LogP contribution in [-0.4, -0.2) is 60.5 Å². The van der Waals surface area contributed by atoms with E-state index >= 15 is 0 Å². The van der Waals surface area contributed by atoms with Crippen LogP contribution >= 0.6 is 0 Å². The molecule has 7 nitrogen and oxygen atoms in total. The first-order valence-electron chi connectivity index (χ1n) is 11.8. The summed E-state index contributed by atoms with van der Waals surface area (Å²) < 4.78 is 12.2. The molecule has 5 rings (SSSR count). The van der Waals surface area contributed by atoms with Crippen molar-refractivity contribution < 1.29 is 14.3 Å². The molecule has 0 bridgehead atoms. The van der Waals surface area contributed by atoms with E-state index in [1.807, 2.05) is 42.5 Å². The summed E-state index contributed by atoms with van der Waals surface area (Å²) in [5.74, 6) is 2.08. The van der Waals surface area contributed by atoms with Gasteiger partial charge in [0.05, 0.1) is 18.4 Å². The van der Waals surface area contributed by atoms with E-state index in [1.165, 1.54) is 5.56 Å². The number of nitrogens with zero attached hydrogens (tertiary/aromatic N) is 3. The van der Waals surface area contributed by atoms with Crippen molar-refractivity contribution in [3.8, 4) is 17.4 Å². The van der Waals surface area contributed by atoms with Gasteiger partial charge in [0.1, 0.15) is 17.6 Å². The molecule has 3 aromatic rings. The van der Waals surface area contributed by atoms with E-state index in [0.717, 1.165) is 56.1 Å². The van der Waals surface area contributed by atoms with Crippen LogP contribution in [0.3, 0.4) is 0 Å². The van der Waals surface area contributed by atoms with Gasteiger partial charge in [-0.05, 0) is 55.3 Å². The van der Waals surface area contributed by atoms with Crippen LogP contribution < -0.4 is 14.8 Å². The van der Waals surface area contributed by atoms with Gasteiger partial charge in [-0.15, -0.1) is 0 Å². The largest absolute Gasteiger partial charge is 0.485 e. The van der Waals surface area contributed by atoms with Gasteiger partial charge in [0.25, 0.3) is 0 Å². The molecule has 1 amide bonds. The van der Waals surface area contributed by atoms with Crippen molar-refractivity contribution in [2.75, 3.05) is 45.1 Å². The maximum Gasteiger partial charge on any atom is 0.238 e. The van der Waals surface area contributed by atoms with Gasteiger partial charge >= 0.3 is 0 Å². The topological polar surface area (TPSA) is 66.9 Å². The molecule has 2 aliphatic heterocycles. The average Bonchev–Trinajstić information content (AvgIpc) is 2.87. The number of benzene rings is 2. The third-order valence-electron chi connectivity index (χ3n) is 6.35. The zero-order chi connectivity index (χ0) is 23.3. The van der Waals surface area contributed by atoms with E-state index in [0.29, 0.717) is 18.1 Å². The number of hydrogen-bond acceptors (Lipinski definition) is 6. The number of rotatable bonds is 6. The number of nitrogens with one attached hydrogen (secondary N) is 1. The second-order valence-corrected chi connectivity index (χ2v) is 8.94. The number of fused-ring (bicyclic) bond motifs is 1. The smallest absolute Gasteiger partial charge is 0.238 e. The van der Waals surface area contributed by atoms with Crippen LogP contribution in [0.2, 0.25) is 0 Å². The van der Waals surface area contributed by atoms with Crippen LogP contribution in [0.5, 0.6) is 17.4 Å². The summed E-state index contributed by atoms with van der Waals surface area (Å²) in [6, 6.07) is 19.8. The van der Waals surface area contributed by atoms with Crippen LogP contribution in [0.4, 0.5) is 5.69 Å². The Kier molecular flexibility index (Phi) is 6.74. The molecule has 34 heavy (non-hydrogen) atoms. The van der Waals surface area contributed by atoms with Crippen LogP contribution in [0.15, 0.2) is 66.9 Å². The van der Waals surface area contributed by atoms with Crippen LogP contribution in [0, 0.1) is 0 Å². The minimum absolute atomic E-state index is 0.0245. The SMILES string of the molecule is CN1CCN(CC(=O)Nc2ccc(Oc3ccc4c(c3)CCC(c3ccccc3)O4)nc2)CC1. The summed E-state index contributed by atoms with van der Waals surface area (Å²) in [7, 11) is 2.10. The molecule has 0 spiro atoms. The minimum Gasteiger partial charge on any atom is -0.485 e. The minimum atomic E-state index is -0.0245. The Morgan fingerprint density at radius 1 is 1.09 bits per heavy atom. The quantitative estimate of drug-likeness (QED) is 0.599. The number of hydrogen-bond donors (Lipinski definition) is 1. The average molecular weight is 459 g/mol. The van der Waals surface area contributed by atoms with Gasteiger partial charge < -0.3 is 19.7 Å². The van der Waals surface area contributed by atoms with Crippen molar-refractivity contribution >= 4 is 11.6 Å². The second kappa shape index (κ2) is 10.2. The van der Waals surface area contributed by atoms with Gasteiger partial charge in [-0.3, -0.25) is 9.69 Å². The molecule has 0 radical (unpaired) electrons. The maximum absolute atomic E-state index is 12.4.